The summed E-state index contributed by atoms with van der Waals surface area (Å²) in [6.45, 7) is 1.57. The lowest BCUT2D eigenvalue weighted by Crippen LogP contribution is -2.48. The van der Waals surface area contributed by atoms with Crippen molar-refractivity contribution in [3.63, 3.8) is 0 Å². The molecule has 1 aromatic carbocycles. The van der Waals surface area contributed by atoms with Crippen LogP contribution >= 0.6 is 0 Å². The lowest BCUT2D eigenvalue weighted by atomic mass is 10.2. The van der Waals surface area contributed by atoms with E-state index in [2.05, 4.69) is 0 Å². The number of hydrogen-bond donors (Lipinski definition) is 1. The third-order valence-electron chi connectivity index (χ3n) is 3.34. The van der Waals surface area contributed by atoms with Gasteiger partial charge < -0.3 is 10.6 Å². The van der Waals surface area contributed by atoms with Crippen LogP contribution in [0, 0.1) is 5.82 Å². The first kappa shape index (κ1) is 13.0. The van der Waals surface area contributed by atoms with Crippen molar-refractivity contribution in [1.29, 1.82) is 0 Å². The Morgan fingerprint density at radius 3 is 2.78 bits per heavy atom. The average molecular weight is 251 g/mol. The van der Waals surface area contributed by atoms with Gasteiger partial charge in [-0.05, 0) is 25.6 Å². The second kappa shape index (κ2) is 5.46. The molecule has 1 fully saturated rings. The molecule has 2 N–H and O–H groups in total. The van der Waals surface area contributed by atoms with Crippen molar-refractivity contribution >= 4 is 11.6 Å². The number of benzene rings is 1. The molecule has 1 amide bonds. The molecule has 2 rings (SSSR count). The highest BCUT2D eigenvalue weighted by molar-refractivity contribution is 5.97. The smallest absolute Gasteiger partial charge is 0.245 e. The maximum absolute atomic E-state index is 13.8. The van der Waals surface area contributed by atoms with Crippen LogP contribution in [-0.2, 0) is 4.79 Å². The molecule has 0 spiro atoms. The van der Waals surface area contributed by atoms with E-state index in [1.807, 2.05) is 11.9 Å². The highest BCUT2D eigenvalue weighted by atomic mass is 19.1. The molecule has 1 saturated heterocycles. The van der Waals surface area contributed by atoms with E-state index in [1.165, 1.54) is 11.0 Å². The van der Waals surface area contributed by atoms with Gasteiger partial charge in [0.05, 0.1) is 5.69 Å². The van der Waals surface area contributed by atoms with Crippen molar-refractivity contribution in [3.8, 4) is 0 Å². The third kappa shape index (κ3) is 2.37. The summed E-state index contributed by atoms with van der Waals surface area (Å²) in [6, 6.07) is 5.98. The van der Waals surface area contributed by atoms with Gasteiger partial charge in [-0.15, -0.1) is 0 Å². The molecule has 4 nitrogen and oxygen atoms in total. The monoisotopic (exact) mass is 251 g/mol. The van der Waals surface area contributed by atoms with Gasteiger partial charge in [0.25, 0.3) is 0 Å². The number of amides is 1. The first-order valence-electron chi connectivity index (χ1n) is 6.11. The maximum atomic E-state index is 13.8. The van der Waals surface area contributed by atoms with Crippen LogP contribution < -0.4 is 10.6 Å². The first-order chi connectivity index (χ1) is 8.65. The number of halogens is 1. The van der Waals surface area contributed by atoms with Crippen molar-refractivity contribution in [3.05, 3.63) is 30.1 Å². The second-order valence-corrected chi connectivity index (χ2v) is 4.53. The Labute approximate surface area is 106 Å². The van der Waals surface area contributed by atoms with E-state index in [0.29, 0.717) is 12.2 Å². The molecule has 0 aromatic heterocycles. The Morgan fingerprint density at radius 2 is 2.11 bits per heavy atom. The van der Waals surface area contributed by atoms with Gasteiger partial charge in [0, 0.05) is 19.6 Å². The molecular formula is C13H18FN3O. The molecule has 0 aliphatic carbocycles. The minimum Gasteiger partial charge on any atom is -0.328 e. The zero-order chi connectivity index (χ0) is 13.1. The van der Waals surface area contributed by atoms with Crippen LogP contribution in [0.1, 0.15) is 6.42 Å². The van der Waals surface area contributed by atoms with Crippen molar-refractivity contribution < 1.29 is 9.18 Å². The fraction of sp³-hybridized carbons (Fsp3) is 0.462. The number of para-hydroxylation sites is 1. The van der Waals surface area contributed by atoms with E-state index < -0.39 is 0 Å². The van der Waals surface area contributed by atoms with Crippen LogP contribution in [0.25, 0.3) is 0 Å². The van der Waals surface area contributed by atoms with Gasteiger partial charge in [-0.2, -0.15) is 0 Å². The average Bonchev–Trinajstić information content (AvgIpc) is 2.49. The lowest BCUT2D eigenvalue weighted by molar-refractivity contribution is -0.122. The van der Waals surface area contributed by atoms with Crippen LogP contribution in [0.5, 0.6) is 0 Å². The van der Waals surface area contributed by atoms with Gasteiger partial charge in [-0.3, -0.25) is 9.69 Å². The van der Waals surface area contributed by atoms with Crippen LogP contribution in [0.15, 0.2) is 24.3 Å². The Hall–Kier alpha value is -1.46. The lowest BCUT2D eigenvalue weighted by Gasteiger charge is -2.27. The Morgan fingerprint density at radius 1 is 1.39 bits per heavy atom. The maximum Gasteiger partial charge on any atom is 0.245 e. The predicted molar refractivity (Wildman–Crippen MR) is 68.8 cm³/mol. The summed E-state index contributed by atoms with van der Waals surface area (Å²) < 4.78 is 13.8. The molecule has 0 saturated carbocycles. The molecule has 1 aliphatic heterocycles. The standard InChI is InChI=1S/C13H18FN3O/c1-16-7-4-8-17(13(18)12(16)9-15)11-6-3-2-5-10(11)14/h2-3,5-6,12H,4,7-9,15H2,1H3. The summed E-state index contributed by atoms with van der Waals surface area (Å²) in [5.74, 6) is -0.492. The van der Waals surface area contributed by atoms with Crippen molar-refractivity contribution in [1.82, 2.24) is 4.90 Å². The number of hydrogen-bond acceptors (Lipinski definition) is 3. The van der Waals surface area contributed by atoms with Gasteiger partial charge in [-0.25, -0.2) is 4.39 Å². The largest absolute Gasteiger partial charge is 0.328 e. The van der Waals surface area contributed by atoms with E-state index in [1.54, 1.807) is 18.2 Å². The van der Waals surface area contributed by atoms with E-state index in [9.17, 15) is 9.18 Å². The van der Waals surface area contributed by atoms with Crippen molar-refractivity contribution in [2.45, 2.75) is 12.5 Å². The normalized spacial score (nSPS) is 22.1. The first-order valence-corrected chi connectivity index (χ1v) is 6.11. The molecule has 1 unspecified atom stereocenters. The summed E-state index contributed by atoms with van der Waals surface area (Å²) in [6.07, 6.45) is 0.813. The van der Waals surface area contributed by atoms with Crippen molar-refractivity contribution in [2.24, 2.45) is 5.73 Å². The zero-order valence-electron chi connectivity index (χ0n) is 10.5. The number of nitrogens with two attached hydrogens (primary N) is 1. The highest BCUT2D eigenvalue weighted by Gasteiger charge is 2.31. The Kier molecular flexibility index (Phi) is 3.93. The molecular weight excluding hydrogens is 233 g/mol. The number of nitrogens with zero attached hydrogens (tertiary/aromatic N) is 2. The molecule has 1 aromatic rings. The molecule has 5 heteroatoms. The van der Waals surface area contributed by atoms with Crippen LogP contribution in [-0.4, -0.2) is 43.5 Å². The molecule has 0 radical (unpaired) electrons. The highest BCUT2D eigenvalue weighted by Crippen LogP contribution is 2.22. The van der Waals surface area contributed by atoms with Gasteiger partial charge in [0.2, 0.25) is 5.91 Å². The number of anilines is 1. The molecule has 1 atom stereocenters. The predicted octanol–water partition coefficient (Wildman–Crippen LogP) is 0.821. The minimum atomic E-state index is -0.369. The molecule has 0 bridgehead atoms. The Bertz CT molecular complexity index is 438. The third-order valence-corrected chi connectivity index (χ3v) is 3.34. The summed E-state index contributed by atoms with van der Waals surface area (Å²) in [7, 11) is 1.88. The van der Waals surface area contributed by atoms with Crippen molar-refractivity contribution in [2.75, 3.05) is 31.6 Å². The fourth-order valence-electron chi connectivity index (χ4n) is 2.30. The molecule has 1 heterocycles. The van der Waals surface area contributed by atoms with Crippen LogP contribution in [0.3, 0.4) is 0 Å². The number of carbonyl (C=O) groups is 1. The van der Waals surface area contributed by atoms with Gasteiger partial charge in [0.15, 0.2) is 0 Å². The zero-order valence-corrected chi connectivity index (χ0v) is 10.5. The van der Waals surface area contributed by atoms with Gasteiger partial charge >= 0.3 is 0 Å². The van der Waals surface area contributed by atoms with Crippen LogP contribution in [0.4, 0.5) is 10.1 Å². The minimum absolute atomic E-state index is 0.123. The Balaban J connectivity index is 2.32. The topological polar surface area (TPSA) is 49.6 Å². The summed E-state index contributed by atoms with van der Waals surface area (Å²) in [5.41, 5.74) is 5.99. The molecule has 1 aliphatic rings. The van der Waals surface area contributed by atoms with E-state index in [-0.39, 0.29) is 24.3 Å². The van der Waals surface area contributed by atoms with Gasteiger partial charge in [0.1, 0.15) is 11.9 Å². The number of rotatable bonds is 2. The summed E-state index contributed by atoms with van der Waals surface area (Å²) in [4.78, 5) is 15.8. The summed E-state index contributed by atoms with van der Waals surface area (Å²) in [5, 5.41) is 0. The number of likely N-dealkylation sites (N-methyl/N-ethyl adjacent to an activating group) is 1. The molecule has 98 valence electrons. The van der Waals surface area contributed by atoms with Gasteiger partial charge in [-0.1, -0.05) is 12.1 Å². The van der Waals surface area contributed by atoms with E-state index in [4.69, 9.17) is 5.73 Å². The molecule has 18 heavy (non-hydrogen) atoms. The fourth-order valence-corrected chi connectivity index (χ4v) is 2.30. The quantitative estimate of drug-likeness (QED) is 0.846. The summed E-state index contributed by atoms with van der Waals surface area (Å²) >= 11 is 0. The number of carbonyl (C=O) groups excluding carboxylic acids is 1. The van der Waals surface area contributed by atoms with E-state index >= 15 is 0 Å². The van der Waals surface area contributed by atoms with Crippen LogP contribution in [0.2, 0.25) is 0 Å². The van der Waals surface area contributed by atoms with E-state index in [0.717, 1.165) is 13.0 Å². The second-order valence-electron chi connectivity index (χ2n) is 4.53. The SMILES string of the molecule is CN1CCCN(c2ccccc2F)C(=O)C1CN.